The van der Waals surface area contributed by atoms with Gasteiger partial charge in [-0.1, -0.05) is 0 Å². The van der Waals surface area contributed by atoms with Crippen molar-refractivity contribution in [3.63, 3.8) is 0 Å². The normalized spacial score (nSPS) is 10.5. The van der Waals surface area contributed by atoms with E-state index in [1.165, 1.54) is 0 Å². The molecule has 0 N–H and O–H groups in total. The molecule has 24 nitrogen and oxygen atoms in total. The van der Waals surface area contributed by atoms with E-state index in [1.807, 2.05) is 76.2 Å². The molecule has 0 radical (unpaired) electrons. The van der Waals surface area contributed by atoms with Gasteiger partial charge in [0.15, 0.2) is 0 Å². The van der Waals surface area contributed by atoms with Crippen molar-refractivity contribution in [2.24, 2.45) is 0 Å². The molecule has 0 aliphatic carbocycles. The monoisotopic (exact) mass is 2030 g/mol. The average molecular weight is 2030 g/mol. The van der Waals surface area contributed by atoms with Crippen molar-refractivity contribution in [2.75, 3.05) is 199 Å². The van der Waals surface area contributed by atoms with Crippen molar-refractivity contribution in [2.45, 2.75) is 27.7 Å². The van der Waals surface area contributed by atoms with Gasteiger partial charge in [-0.3, -0.25) is 29.9 Å². The van der Waals surface area contributed by atoms with Crippen LogP contribution in [-0.4, -0.2) is 229 Å². The van der Waals surface area contributed by atoms with Gasteiger partial charge in [0.25, 0.3) is 0 Å². The van der Waals surface area contributed by atoms with Crippen LogP contribution < -0.4 is 28.4 Å². The standard InChI is InChI=1S/C26H40N2O8.C22H32N2O6.C16H20N2O4.6ClH.3Pt/c1-3-29-9-11-31-13-15-33-17-19-35-23-5-7-27-25(21-23)26-22-24(6-8-28-26)36-20-18-34-16-14-32-12-10-30-4-2;1-3-25-9-11-27-13-15-29-19-5-7-23-21(17-19)22-18-20(6-8-24-22)30-16-14-28-12-10-26-4-2;1-19-7-9-21-13-3-5-17-15(11-13)16-12-14(4-6-18-16)22-10-8-20-2;;;;;;;;;/h5-8,21-22H,3-4,9-20H2,1-2H3;5-8,17-18H,3-4,9-16H2,1-2H3;3-6,11-12H,7-10H2,1-2H3;6*1H;;;/q;;;;;;;;;3*+2/p-6. The zero-order valence-corrected chi connectivity index (χ0v) is 66.8. The maximum atomic E-state index is 5.78. The molecule has 0 amide bonds. The molecule has 97 heavy (non-hydrogen) atoms. The minimum atomic E-state index is -0.472. The Bertz CT molecular complexity index is 2560. The molecule has 6 rings (SSSR count). The van der Waals surface area contributed by atoms with Crippen molar-refractivity contribution >= 4 is 56.5 Å². The summed E-state index contributed by atoms with van der Waals surface area (Å²) in [5, 5.41) is 0. The Kier molecular flexibility index (Phi) is 66.5. The topological polar surface area (TPSA) is 243 Å². The number of rotatable bonds is 49. The predicted molar refractivity (Wildman–Crippen MR) is 365 cm³/mol. The number of halogens is 6. The maximum absolute atomic E-state index is 5.78. The van der Waals surface area contributed by atoms with Crippen LogP contribution in [0.4, 0.5) is 0 Å². The van der Waals surface area contributed by atoms with E-state index in [1.54, 1.807) is 75.7 Å². The Hall–Kier alpha value is -2.98. The molecule has 0 aliphatic heterocycles. The third kappa shape index (κ3) is 52.6. The molecule has 6 heterocycles. The summed E-state index contributed by atoms with van der Waals surface area (Å²) in [5.41, 5.74) is 4.27. The molecule has 6 aromatic rings. The number of ether oxygens (including phenoxy) is 18. The molecule has 558 valence electrons. The zero-order chi connectivity index (χ0) is 70.5. The van der Waals surface area contributed by atoms with Crippen molar-refractivity contribution in [1.82, 2.24) is 29.9 Å². The molecule has 0 saturated carbocycles. The number of nitrogens with zero attached hydrogens (tertiary/aromatic N) is 6. The Balaban J connectivity index is 0.000000698. The first-order chi connectivity index (χ1) is 47.7. The van der Waals surface area contributed by atoms with Crippen LogP contribution in [0.3, 0.4) is 0 Å². The Labute approximate surface area is 621 Å². The summed E-state index contributed by atoms with van der Waals surface area (Å²) in [6.07, 6.45) is 10.2. The number of hydrogen-bond acceptors (Lipinski definition) is 24. The van der Waals surface area contributed by atoms with E-state index in [0.717, 1.165) is 22.9 Å². The van der Waals surface area contributed by atoms with Crippen molar-refractivity contribution in [3.05, 3.63) is 110 Å². The summed E-state index contributed by atoms with van der Waals surface area (Å²) >= 11 is -1.42. The van der Waals surface area contributed by atoms with Gasteiger partial charge in [0.2, 0.25) is 0 Å². The summed E-state index contributed by atoms with van der Waals surface area (Å²) in [7, 11) is 32.5. The van der Waals surface area contributed by atoms with Gasteiger partial charge in [-0.2, -0.15) is 0 Å². The summed E-state index contributed by atoms with van der Waals surface area (Å²) in [4.78, 5) is 26.2. The van der Waals surface area contributed by atoms with Crippen LogP contribution in [0.1, 0.15) is 27.7 Å². The van der Waals surface area contributed by atoms with Crippen molar-refractivity contribution in [3.8, 4) is 68.7 Å². The van der Waals surface area contributed by atoms with Gasteiger partial charge >= 0.3 is 106 Å². The molecule has 0 aromatic carbocycles. The second-order valence-electron chi connectivity index (χ2n) is 17.9. The summed E-state index contributed by atoms with van der Waals surface area (Å²) in [5.74, 6) is 4.28. The van der Waals surface area contributed by atoms with E-state index < -0.39 is 49.4 Å². The quantitative estimate of drug-likeness (QED) is 0.0322. The average Bonchev–Trinajstić information content (AvgIpc) is 0.915. The van der Waals surface area contributed by atoms with Crippen LogP contribution >= 0.6 is 56.5 Å². The van der Waals surface area contributed by atoms with E-state index in [9.17, 15) is 0 Å². The van der Waals surface area contributed by atoms with Crippen LogP contribution in [0.5, 0.6) is 34.5 Å². The summed E-state index contributed by atoms with van der Waals surface area (Å²) < 4.78 is 97.7. The molecular weight excluding hydrogens is 1940 g/mol. The van der Waals surface area contributed by atoms with E-state index in [4.69, 9.17) is 142 Å². The van der Waals surface area contributed by atoms with Crippen LogP contribution in [0.25, 0.3) is 34.2 Å². The number of methoxy groups -OCH3 is 2. The molecule has 0 fully saturated rings. The first-order valence-electron chi connectivity index (χ1n) is 30.5. The van der Waals surface area contributed by atoms with Gasteiger partial charge in [0, 0.05) is 114 Å². The van der Waals surface area contributed by atoms with E-state index in [0.29, 0.717) is 231 Å². The van der Waals surface area contributed by atoms with Gasteiger partial charge < -0.3 is 85.3 Å². The second kappa shape index (κ2) is 70.1. The third-order valence-electron chi connectivity index (χ3n) is 11.3. The number of aromatic nitrogens is 6. The van der Waals surface area contributed by atoms with Crippen molar-refractivity contribution < 1.29 is 135 Å². The van der Waals surface area contributed by atoms with Crippen LogP contribution in [0, 0.1) is 0 Å². The molecule has 0 saturated heterocycles. The molecule has 6 aromatic heterocycles. The fourth-order valence-corrected chi connectivity index (χ4v) is 7.10. The summed E-state index contributed by atoms with van der Waals surface area (Å²) in [6.45, 7) is 23.2. The van der Waals surface area contributed by atoms with Crippen LogP contribution in [0.15, 0.2) is 110 Å². The Morgan fingerprint density at radius 3 is 0.536 bits per heavy atom. The first-order valence-corrected chi connectivity index (χ1v) is 47.4. The van der Waals surface area contributed by atoms with E-state index in [-0.39, 0.29) is 0 Å². The zero-order valence-electron chi connectivity index (χ0n) is 55.4. The van der Waals surface area contributed by atoms with E-state index in [2.05, 4.69) is 29.9 Å². The van der Waals surface area contributed by atoms with Gasteiger partial charge in [0.1, 0.15) is 74.1 Å². The Morgan fingerprint density at radius 2 is 0.381 bits per heavy atom. The molecule has 0 unspecified atom stereocenters. The molecular formula is C64H92Cl6N6O18Pt3. The van der Waals surface area contributed by atoms with E-state index >= 15 is 0 Å². The number of hydrogen-bond donors (Lipinski definition) is 0. The second-order valence-corrected chi connectivity index (χ2v) is 27.8. The van der Waals surface area contributed by atoms with Gasteiger partial charge in [-0.25, -0.2) is 0 Å². The fourth-order valence-electron chi connectivity index (χ4n) is 7.10. The third-order valence-corrected chi connectivity index (χ3v) is 11.3. The Morgan fingerprint density at radius 1 is 0.237 bits per heavy atom. The molecule has 0 aliphatic rings. The predicted octanol–water partition coefficient (Wildman–Crippen LogP) is 12.4. The van der Waals surface area contributed by atoms with Gasteiger partial charge in [-0.15, -0.1) is 0 Å². The molecule has 33 heteroatoms. The summed E-state index contributed by atoms with van der Waals surface area (Å²) in [6, 6.07) is 21.9. The fraction of sp³-hybridized carbons (Fsp3) is 0.531. The van der Waals surface area contributed by atoms with Crippen LogP contribution in [0.2, 0.25) is 0 Å². The van der Waals surface area contributed by atoms with Crippen molar-refractivity contribution in [1.29, 1.82) is 0 Å². The first kappa shape index (κ1) is 92.0. The molecule has 0 spiro atoms. The minimum absolute atomic E-state index is 0.427. The van der Waals surface area contributed by atoms with Gasteiger partial charge in [-0.05, 0) is 64.1 Å². The van der Waals surface area contributed by atoms with Gasteiger partial charge in [0.05, 0.1) is 153 Å². The van der Waals surface area contributed by atoms with Crippen LogP contribution in [-0.2, 0) is 106 Å². The SMILES string of the molecule is CCOCCOCCOCCOc1ccnc(-c2cc(OCCOCCOCCOCC)ccn2)c1.CCOCCOCCOc1ccnc(-c2cc(OCCOCCOCC)ccn2)c1.COCCOc1ccnc(-c2cc(OCCOC)ccn2)c1.[Cl][Pt][Cl].[Cl][Pt][Cl].[Cl][Pt][Cl]. The number of pyridine rings is 6. The molecule has 0 atom stereocenters. The molecule has 0 bridgehead atoms.